The molecule has 0 fully saturated rings. The minimum absolute atomic E-state index is 0.283. The van der Waals surface area contributed by atoms with E-state index in [1.165, 1.54) is 0 Å². The van der Waals surface area contributed by atoms with Gasteiger partial charge in [0.05, 0.1) is 11.9 Å². The molecule has 0 spiro atoms. The molecule has 0 bridgehead atoms. The van der Waals surface area contributed by atoms with Crippen molar-refractivity contribution >= 4 is 22.1 Å². The van der Waals surface area contributed by atoms with Crippen LogP contribution in [0, 0.1) is 0 Å². The zero-order valence-corrected chi connectivity index (χ0v) is 10.1. The van der Waals surface area contributed by atoms with Gasteiger partial charge in [0.1, 0.15) is 4.83 Å². The van der Waals surface area contributed by atoms with Crippen LogP contribution in [0.1, 0.15) is 0 Å². The molecule has 1 aliphatic heterocycles. The summed E-state index contributed by atoms with van der Waals surface area (Å²) in [5, 5.41) is 2.06. The van der Waals surface area contributed by atoms with E-state index >= 15 is 0 Å². The number of imidazole rings is 1. The monoisotopic (exact) mass is 259 g/mol. The van der Waals surface area contributed by atoms with Crippen molar-refractivity contribution in [2.75, 3.05) is 12.5 Å². The average Bonchev–Trinajstić information content (AvgIpc) is 3.06. The van der Waals surface area contributed by atoms with Crippen LogP contribution in [0.25, 0.3) is 16.1 Å². The fourth-order valence-corrected chi connectivity index (χ4v) is 2.98. The van der Waals surface area contributed by atoms with Gasteiger partial charge in [0.15, 0.2) is 11.5 Å². The van der Waals surface area contributed by atoms with E-state index in [1.54, 1.807) is 17.5 Å². The topological polar surface area (TPSA) is 61.8 Å². The Morgan fingerprint density at radius 1 is 1.28 bits per heavy atom. The first-order valence-electron chi connectivity index (χ1n) is 5.43. The van der Waals surface area contributed by atoms with Gasteiger partial charge in [0, 0.05) is 10.9 Å². The summed E-state index contributed by atoms with van der Waals surface area (Å²) >= 11 is 1.61. The highest BCUT2D eigenvalue weighted by Gasteiger charge is 2.16. The van der Waals surface area contributed by atoms with Gasteiger partial charge in [-0.25, -0.2) is 4.98 Å². The van der Waals surface area contributed by atoms with Crippen molar-refractivity contribution in [3.8, 4) is 22.8 Å². The second-order valence-electron chi connectivity index (χ2n) is 3.98. The van der Waals surface area contributed by atoms with E-state index in [0.29, 0.717) is 5.95 Å². The highest BCUT2D eigenvalue weighted by Crippen LogP contribution is 2.37. The summed E-state index contributed by atoms with van der Waals surface area (Å²) in [6.45, 7) is 0.283. The van der Waals surface area contributed by atoms with Gasteiger partial charge in [-0.1, -0.05) is 0 Å². The maximum Gasteiger partial charge on any atom is 0.231 e. The smallest absolute Gasteiger partial charge is 0.231 e. The predicted molar refractivity (Wildman–Crippen MR) is 69.0 cm³/mol. The summed E-state index contributed by atoms with van der Waals surface area (Å²) in [6.07, 6.45) is 1.77. The number of thiazole rings is 1. The van der Waals surface area contributed by atoms with Crippen molar-refractivity contribution in [3.05, 3.63) is 29.8 Å². The highest BCUT2D eigenvalue weighted by molar-refractivity contribution is 7.16. The largest absolute Gasteiger partial charge is 0.454 e. The molecule has 0 amide bonds. The summed E-state index contributed by atoms with van der Waals surface area (Å²) in [7, 11) is 0. The first-order valence-corrected chi connectivity index (χ1v) is 6.31. The van der Waals surface area contributed by atoms with Gasteiger partial charge in [-0.05, 0) is 18.2 Å². The van der Waals surface area contributed by atoms with Crippen LogP contribution in [0.15, 0.2) is 29.8 Å². The van der Waals surface area contributed by atoms with E-state index in [1.807, 2.05) is 22.6 Å². The molecule has 0 radical (unpaired) electrons. The number of benzene rings is 1. The zero-order valence-electron chi connectivity index (χ0n) is 9.29. The molecule has 2 N–H and O–H groups in total. The lowest BCUT2D eigenvalue weighted by Gasteiger charge is -2.03. The number of rotatable bonds is 1. The van der Waals surface area contributed by atoms with E-state index in [4.69, 9.17) is 15.2 Å². The fraction of sp³-hybridized carbons (Fsp3) is 0.0833. The molecular weight excluding hydrogens is 250 g/mol. The van der Waals surface area contributed by atoms with Crippen molar-refractivity contribution in [1.82, 2.24) is 9.38 Å². The van der Waals surface area contributed by atoms with Crippen molar-refractivity contribution in [2.24, 2.45) is 0 Å². The van der Waals surface area contributed by atoms with Gasteiger partial charge in [-0.15, -0.1) is 11.3 Å². The van der Waals surface area contributed by atoms with Gasteiger partial charge in [0.25, 0.3) is 0 Å². The Bertz CT molecular complexity index is 747. The maximum atomic E-state index is 5.87. The van der Waals surface area contributed by atoms with Crippen LogP contribution in [-0.2, 0) is 0 Å². The number of hydrogen-bond acceptors (Lipinski definition) is 5. The molecule has 6 heteroatoms. The summed E-state index contributed by atoms with van der Waals surface area (Å²) < 4.78 is 12.6. The molecule has 18 heavy (non-hydrogen) atoms. The fourth-order valence-electron chi connectivity index (χ4n) is 2.10. The highest BCUT2D eigenvalue weighted by atomic mass is 32.1. The van der Waals surface area contributed by atoms with Crippen LogP contribution in [-0.4, -0.2) is 16.2 Å². The van der Waals surface area contributed by atoms with Crippen molar-refractivity contribution < 1.29 is 9.47 Å². The Balaban J connectivity index is 1.94. The first-order chi connectivity index (χ1) is 8.83. The molecule has 90 valence electrons. The van der Waals surface area contributed by atoms with Gasteiger partial charge < -0.3 is 15.2 Å². The second kappa shape index (κ2) is 3.39. The lowest BCUT2D eigenvalue weighted by Crippen LogP contribution is -1.94. The quantitative estimate of drug-likeness (QED) is 0.728. The Morgan fingerprint density at radius 2 is 2.17 bits per heavy atom. The van der Waals surface area contributed by atoms with Gasteiger partial charge in [0.2, 0.25) is 12.7 Å². The Morgan fingerprint density at radius 3 is 3.11 bits per heavy atom. The molecule has 0 saturated heterocycles. The van der Waals surface area contributed by atoms with Crippen molar-refractivity contribution in [1.29, 1.82) is 0 Å². The minimum Gasteiger partial charge on any atom is -0.454 e. The standard InChI is InChI=1S/C12H9N3O2S/c13-12-14-4-11-15(12)8(5-18-11)7-1-2-9-10(3-7)17-6-16-9/h1-5H,6H2,(H2,13,14). The molecule has 3 aromatic rings. The first kappa shape index (κ1) is 9.78. The lowest BCUT2D eigenvalue weighted by molar-refractivity contribution is 0.174. The summed E-state index contributed by atoms with van der Waals surface area (Å²) in [5.41, 5.74) is 7.93. The van der Waals surface area contributed by atoms with Crippen LogP contribution in [0.3, 0.4) is 0 Å². The molecule has 2 aromatic heterocycles. The number of ether oxygens (including phenoxy) is 2. The van der Waals surface area contributed by atoms with E-state index in [0.717, 1.165) is 27.6 Å². The van der Waals surface area contributed by atoms with Gasteiger partial charge in [-0.2, -0.15) is 0 Å². The normalized spacial score (nSPS) is 13.3. The Hall–Kier alpha value is -2.21. The summed E-state index contributed by atoms with van der Waals surface area (Å²) in [6, 6.07) is 5.87. The SMILES string of the molecule is Nc1ncc2scc(-c3ccc4c(c3)OCO4)n12. The number of fused-ring (bicyclic) bond motifs is 2. The third kappa shape index (κ3) is 1.23. The van der Waals surface area contributed by atoms with Crippen LogP contribution >= 0.6 is 11.3 Å². The minimum atomic E-state index is 0.283. The molecule has 0 atom stereocenters. The van der Waals surface area contributed by atoms with Crippen LogP contribution in [0.2, 0.25) is 0 Å². The van der Waals surface area contributed by atoms with E-state index in [-0.39, 0.29) is 6.79 Å². The molecule has 0 saturated carbocycles. The number of nitrogens with zero attached hydrogens (tertiary/aromatic N) is 2. The molecule has 0 unspecified atom stereocenters. The maximum absolute atomic E-state index is 5.87. The summed E-state index contributed by atoms with van der Waals surface area (Å²) in [4.78, 5) is 5.14. The zero-order chi connectivity index (χ0) is 12.1. The molecule has 5 nitrogen and oxygen atoms in total. The van der Waals surface area contributed by atoms with E-state index in [9.17, 15) is 0 Å². The Labute approximate surface area is 106 Å². The third-order valence-electron chi connectivity index (χ3n) is 2.96. The molecule has 1 aliphatic rings. The van der Waals surface area contributed by atoms with Gasteiger partial charge in [-0.3, -0.25) is 4.40 Å². The summed E-state index contributed by atoms with van der Waals surface area (Å²) in [5.74, 6) is 2.05. The molecule has 4 rings (SSSR count). The van der Waals surface area contributed by atoms with Crippen molar-refractivity contribution in [3.63, 3.8) is 0 Å². The number of aromatic nitrogens is 2. The van der Waals surface area contributed by atoms with Gasteiger partial charge >= 0.3 is 0 Å². The molecule has 1 aromatic carbocycles. The van der Waals surface area contributed by atoms with Crippen LogP contribution in [0.5, 0.6) is 11.5 Å². The number of hydrogen-bond donors (Lipinski definition) is 1. The number of nitrogens with two attached hydrogens (primary N) is 1. The van der Waals surface area contributed by atoms with E-state index < -0.39 is 0 Å². The molecule has 3 heterocycles. The average molecular weight is 259 g/mol. The lowest BCUT2D eigenvalue weighted by atomic mass is 10.1. The molecule has 0 aliphatic carbocycles. The Kier molecular flexibility index (Phi) is 1.84. The van der Waals surface area contributed by atoms with Crippen LogP contribution in [0.4, 0.5) is 5.95 Å². The number of nitrogen functional groups attached to an aromatic ring is 1. The molecular formula is C12H9N3O2S. The van der Waals surface area contributed by atoms with Crippen molar-refractivity contribution in [2.45, 2.75) is 0 Å². The predicted octanol–water partition coefficient (Wildman–Crippen LogP) is 2.37. The van der Waals surface area contributed by atoms with Crippen LogP contribution < -0.4 is 15.2 Å². The second-order valence-corrected chi connectivity index (χ2v) is 4.87. The third-order valence-corrected chi connectivity index (χ3v) is 3.83. The number of anilines is 1. The van der Waals surface area contributed by atoms with E-state index in [2.05, 4.69) is 10.4 Å².